The van der Waals surface area contributed by atoms with Crippen LogP contribution in [-0.2, 0) is 0 Å². The van der Waals surface area contributed by atoms with Crippen LogP contribution in [0.25, 0.3) is 11.5 Å². The number of benzene rings is 2. The quantitative estimate of drug-likeness (QED) is 0.582. The number of amides is 1. The van der Waals surface area contributed by atoms with Crippen molar-refractivity contribution in [1.29, 1.82) is 0 Å². The molecule has 2 aromatic carbocycles. The van der Waals surface area contributed by atoms with Crippen LogP contribution in [0.4, 0.5) is 11.4 Å². The first-order valence-corrected chi connectivity index (χ1v) is 6.99. The summed E-state index contributed by atoms with van der Waals surface area (Å²) in [4.78, 5) is 26.4. The van der Waals surface area contributed by atoms with Crippen LogP contribution in [0, 0.1) is 17.0 Å². The van der Waals surface area contributed by atoms with E-state index >= 15 is 0 Å². The summed E-state index contributed by atoms with van der Waals surface area (Å²) >= 11 is 0. The van der Waals surface area contributed by atoms with Crippen molar-refractivity contribution in [3.05, 3.63) is 70.0 Å². The van der Waals surface area contributed by atoms with Crippen molar-refractivity contribution in [3.63, 3.8) is 0 Å². The zero-order valence-electron chi connectivity index (χ0n) is 12.6. The Labute approximate surface area is 136 Å². The minimum Gasteiger partial charge on any atom is -0.334 e. The summed E-state index contributed by atoms with van der Waals surface area (Å²) in [6.07, 6.45) is 0. The van der Waals surface area contributed by atoms with Gasteiger partial charge in [-0.25, -0.2) is 0 Å². The molecule has 3 aromatic rings. The Morgan fingerprint density at radius 2 is 1.79 bits per heavy atom. The number of nitrogens with one attached hydrogen (secondary N) is 1. The number of non-ortho nitro benzene ring substituents is 1. The number of carbonyl (C=O) groups is 1. The summed E-state index contributed by atoms with van der Waals surface area (Å²) in [6.45, 7) is 1.72. The van der Waals surface area contributed by atoms with Gasteiger partial charge in [0.15, 0.2) is 5.82 Å². The summed E-state index contributed by atoms with van der Waals surface area (Å²) in [5.41, 5.74) is 1.59. The van der Waals surface area contributed by atoms with Crippen LogP contribution in [0.5, 0.6) is 0 Å². The van der Waals surface area contributed by atoms with Crippen LogP contribution in [-0.4, -0.2) is 21.0 Å². The number of rotatable bonds is 4. The highest BCUT2D eigenvalue weighted by atomic mass is 16.6. The minimum atomic E-state index is -0.496. The topological polar surface area (TPSA) is 111 Å². The highest BCUT2D eigenvalue weighted by Crippen LogP contribution is 2.19. The third-order valence-electron chi connectivity index (χ3n) is 3.26. The van der Waals surface area contributed by atoms with Crippen LogP contribution < -0.4 is 5.32 Å². The molecule has 24 heavy (non-hydrogen) atoms. The van der Waals surface area contributed by atoms with Gasteiger partial charge in [0.1, 0.15) is 0 Å². The van der Waals surface area contributed by atoms with E-state index in [1.54, 1.807) is 31.2 Å². The van der Waals surface area contributed by atoms with Crippen molar-refractivity contribution in [1.82, 2.24) is 10.1 Å². The minimum absolute atomic E-state index is 0.0350. The van der Waals surface area contributed by atoms with E-state index < -0.39 is 4.92 Å². The van der Waals surface area contributed by atoms with E-state index in [4.69, 9.17) is 4.52 Å². The second kappa shape index (κ2) is 6.29. The molecular formula is C16H12N4O4. The van der Waals surface area contributed by atoms with Crippen LogP contribution in [0.3, 0.4) is 0 Å². The molecule has 0 radical (unpaired) electrons. The van der Waals surface area contributed by atoms with E-state index in [1.165, 1.54) is 24.3 Å². The molecule has 0 aliphatic heterocycles. The first-order chi connectivity index (χ1) is 11.5. The molecule has 0 aliphatic rings. The maximum absolute atomic E-state index is 12.2. The third kappa shape index (κ3) is 3.27. The molecule has 0 saturated heterocycles. The molecule has 120 valence electrons. The Morgan fingerprint density at radius 1 is 1.12 bits per heavy atom. The molecule has 1 aromatic heterocycles. The molecule has 0 spiro atoms. The molecule has 0 fully saturated rings. The third-order valence-corrected chi connectivity index (χ3v) is 3.26. The first-order valence-electron chi connectivity index (χ1n) is 6.99. The van der Waals surface area contributed by atoms with Crippen molar-refractivity contribution in [2.45, 2.75) is 6.92 Å². The largest absolute Gasteiger partial charge is 0.334 e. The molecule has 8 heteroatoms. The Bertz CT molecular complexity index is 885. The van der Waals surface area contributed by atoms with E-state index in [9.17, 15) is 14.9 Å². The number of hydrogen-bond acceptors (Lipinski definition) is 6. The van der Waals surface area contributed by atoms with Gasteiger partial charge < -0.3 is 9.84 Å². The molecule has 1 amide bonds. The van der Waals surface area contributed by atoms with E-state index in [-0.39, 0.29) is 11.6 Å². The molecule has 0 saturated carbocycles. The highest BCUT2D eigenvalue weighted by Gasteiger charge is 2.10. The lowest BCUT2D eigenvalue weighted by molar-refractivity contribution is -0.384. The van der Waals surface area contributed by atoms with Crippen LogP contribution in [0.1, 0.15) is 16.2 Å². The Kier molecular flexibility index (Phi) is 4.02. The molecule has 0 bridgehead atoms. The standard InChI is InChI=1S/C16H12N4O4/c1-10-17-16(24-19-10)12-4-2-11(3-5-12)15(21)18-13-6-8-14(9-7-13)20(22)23/h2-9H,1H3,(H,18,21). The Balaban J connectivity index is 1.72. The lowest BCUT2D eigenvalue weighted by Crippen LogP contribution is -2.11. The smallest absolute Gasteiger partial charge is 0.269 e. The van der Waals surface area contributed by atoms with Gasteiger partial charge >= 0.3 is 0 Å². The number of hydrogen-bond donors (Lipinski definition) is 1. The van der Waals surface area contributed by atoms with Gasteiger partial charge in [-0.15, -0.1) is 0 Å². The number of nitro benzene ring substituents is 1. The maximum atomic E-state index is 12.2. The van der Waals surface area contributed by atoms with Crippen LogP contribution in [0.2, 0.25) is 0 Å². The second-order valence-electron chi connectivity index (χ2n) is 4.98. The monoisotopic (exact) mass is 324 g/mol. The molecule has 1 N–H and O–H groups in total. The molecule has 0 aliphatic carbocycles. The predicted octanol–water partition coefficient (Wildman–Crippen LogP) is 3.21. The summed E-state index contributed by atoms with van der Waals surface area (Å²) < 4.78 is 5.06. The number of nitro groups is 1. The SMILES string of the molecule is Cc1noc(-c2ccc(C(=O)Nc3ccc([N+](=O)[O-])cc3)cc2)n1. The van der Waals surface area contributed by atoms with Gasteiger partial charge in [0.05, 0.1) is 4.92 Å². The maximum Gasteiger partial charge on any atom is 0.269 e. The van der Waals surface area contributed by atoms with E-state index in [1.807, 2.05) is 0 Å². The van der Waals surface area contributed by atoms with Crippen molar-refractivity contribution in [3.8, 4) is 11.5 Å². The number of nitrogens with zero attached hydrogens (tertiary/aromatic N) is 3. The lowest BCUT2D eigenvalue weighted by atomic mass is 10.1. The van der Waals surface area contributed by atoms with Crippen molar-refractivity contribution in [2.75, 3.05) is 5.32 Å². The summed E-state index contributed by atoms with van der Waals surface area (Å²) in [7, 11) is 0. The van der Waals surface area contributed by atoms with Crippen LogP contribution >= 0.6 is 0 Å². The van der Waals surface area contributed by atoms with Crippen molar-refractivity contribution in [2.24, 2.45) is 0 Å². The molecular weight excluding hydrogens is 312 g/mol. The molecule has 1 heterocycles. The van der Waals surface area contributed by atoms with Gasteiger partial charge in [-0.1, -0.05) is 5.16 Å². The Morgan fingerprint density at radius 3 is 2.33 bits per heavy atom. The normalized spacial score (nSPS) is 10.4. The average Bonchev–Trinajstić information content (AvgIpc) is 3.02. The van der Waals surface area contributed by atoms with Crippen molar-refractivity contribution >= 4 is 17.3 Å². The molecule has 3 rings (SSSR count). The van der Waals surface area contributed by atoms with Gasteiger partial charge in [-0.05, 0) is 43.3 Å². The molecule has 0 unspecified atom stereocenters. The van der Waals surface area contributed by atoms with E-state index in [0.717, 1.165) is 0 Å². The molecule has 8 nitrogen and oxygen atoms in total. The van der Waals surface area contributed by atoms with Gasteiger partial charge in [-0.3, -0.25) is 14.9 Å². The summed E-state index contributed by atoms with van der Waals surface area (Å²) in [5, 5.41) is 17.0. The fourth-order valence-corrected chi connectivity index (χ4v) is 2.05. The number of carbonyl (C=O) groups excluding carboxylic acids is 1. The van der Waals surface area contributed by atoms with Crippen molar-refractivity contribution < 1.29 is 14.2 Å². The second-order valence-corrected chi connectivity index (χ2v) is 4.98. The highest BCUT2D eigenvalue weighted by molar-refractivity contribution is 6.04. The van der Waals surface area contributed by atoms with Crippen LogP contribution in [0.15, 0.2) is 53.1 Å². The fraction of sp³-hybridized carbons (Fsp3) is 0.0625. The van der Waals surface area contributed by atoms with E-state index in [0.29, 0.717) is 28.5 Å². The van der Waals surface area contributed by atoms with E-state index in [2.05, 4.69) is 15.5 Å². The Hall–Kier alpha value is -3.55. The number of anilines is 1. The fourth-order valence-electron chi connectivity index (χ4n) is 2.05. The average molecular weight is 324 g/mol. The number of aryl methyl sites for hydroxylation is 1. The van der Waals surface area contributed by atoms with Gasteiger partial charge in [0.2, 0.25) is 0 Å². The van der Waals surface area contributed by atoms with Gasteiger partial charge in [0, 0.05) is 28.9 Å². The summed E-state index contributed by atoms with van der Waals surface area (Å²) in [5.74, 6) is 0.594. The predicted molar refractivity (Wildman–Crippen MR) is 85.5 cm³/mol. The number of aromatic nitrogens is 2. The lowest BCUT2D eigenvalue weighted by Gasteiger charge is -2.05. The summed E-state index contributed by atoms with van der Waals surface area (Å²) in [6, 6.07) is 12.3. The van der Waals surface area contributed by atoms with Gasteiger partial charge in [-0.2, -0.15) is 4.98 Å². The molecule has 0 atom stereocenters. The van der Waals surface area contributed by atoms with Gasteiger partial charge in [0.25, 0.3) is 17.5 Å². The zero-order chi connectivity index (χ0) is 17.1. The first kappa shape index (κ1) is 15.3. The zero-order valence-corrected chi connectivity index (χ0v) is 12.6.